The van der Waals surface area contributed by atoms with Crippen molar-refractivity contribution < 1.29 is 14.3 Å². The fourth-order valence-electron chi connectivity index (χ4n) is 1.68. The van der Waals surface area contributed by atoms with Crippen molar-refractivity contribution >= 4 is 11.9 Å². The van der Waals surface area contributed by atoms with E-state index in [0.29, 0.717) is 12.3 Å². The molecule has 0 aliphatic carbocycles. The number of esters is 1. The molecule has 20 heavy (non-hydrogen) atoms. The first-order chi connectivity index (χ1) is 9.65. The third-order valence-electron chi connectivity index (χ3n) is 2.97. The Morgan fingerprint density at radius 3 is 2.40 bits per heavy atom. The Morgan fingerprint density at radius 2 is 1.80 bits per heavy atom. The molecule has 1 aromatic rings. The smallest absolute Gasteiger partial charge is 0.311 e. The molecule has 0 spiro atoms. The molecular weight excluding hydrogens is 254 g/mol. The highest BCUT2D eigenvalue weighted by Gasteiger charge is 2.08. The van der Waals surface area contributed by atoms with Gasteiger partial charge in [0.1, 0.15) is 5.75 Å². The van der Waals surface area contributed by atoms with Crippen LogP contribution < -0.4 is 10.1 Å². The van der Waals surface area contributed by atoms with E-state index in [0.717, 1.165) is 19.3 Å². The minimum Gasteiger partial charge on any atom is -0.427 e. The largest absolute Gasteiger partial charge is 0.427 e. The lowest BCUT2D eigenvalue weighted by Crippen LogP contribution is -2.25. The quantitative estimate of drug-likeness (QED) is 0.451. The Morgan fingerprint density at radius 1 is 1.10 bits per heavy atom. The molecule has 0 aromatic heterocycles. The van der Waals surface area contributed by atoms with Gasteiger partial charge in [-0.3, -0.25) is 9.59 Å². The molecule has 0 radical (unpaired) electrons. The van der Waals surface area contributed by atoms with Crippen LogP contribution in [0.1, 0.15) is 45.1 Å². The first-order valence-corrected chi connectivity index (χ1v) is 7.22. The molecule has 1 aromatic carbocycles. The molecule has 0 aliphatic rings. The lowest BCUT2D eigenvalue weighted by Gasteiger charge is -2.06. The van der Waals surface area contributed by atoms with Crippen molar-refractivity contribution in [2.24, 2.45) is 0 Å². The first-order valence-electron chi connectivity index (χ1n) is 7.22. The van der Waals surface area contributed by atoms with E-state index < -0.39 is 0 Å². The Balaban J connectivity index is 2.27. The van der Waals surface area contributed by atoms with Gasteiger partial charge in [0, 0.05) is 13.0 Å². The van der Waals surface area contributed by atoms with Crippen molar-refractivity contribution in [3.63, 3.8) is 0 Å². The van der Waals surface area contributed by atoms with Gasteiger partial charge in [-0.25, -0.2) is 0 Å². The summed E-state index contributed by atoms with van der Waals surface area (Å²) < 4.78 is 5.17. The zero-order valence-corrected chi connectivity index (χ0v) is 12.3. The van der Waals surface area contributed by atoms with Gasteiger partial charge < -0.3 is 10.1 Å². The van der Waals surface area contributed by atoms with E-state index in [1.807, 2.05) is 12.1 Å². The summed E-state index contributed by atoms with van der Waals surface area (Å²) in [6.45, 7) is 4.80. The molecule has 1 amide bonds. The third kappa shape index (κ3) is 6.36. The van der Waals surface area contributed by atoms with Gasteiger partial charge in [0.25, 0.3) is 0 Å². The highest BCUT2D eigenvalue weighted by atomic mass is 16.5. The highest BCUT2D eigenvalue weighted by molar-refractivity contribution is 5.82. The molecule has 4 heteroatoms. The summed E-state index contributed by atoms with van der Waals surface area (Å²) in [4.78, 5) is 23.0. The van der Waals surface area contributed by atoms with Crippen molar-refractivity contribution in [2.75, 3.05) is 6.54 Å². The summed E-state index contributed by atoms with van der Waals surface area (Å²) in [5.41, 5.74) is 1.19. The van der Waals surface area contributed by atoms with Crippen LogP contribution in [0, 0.1) is 0 Å². The van der Waals surface area contributed by atoms with E-state index in [4.69, 9.17) is 4.74 Å². The average molecular weight is 277 g/mol. The third-order valence-corrected chi connectivity index (χ3v) is 2.97. The number of aryl methyl sites for hydroxylation is 1. The van der Waals surface area contributed by atoms with E-state index in [1.54, 1.807) is 12.1 Å². The van der Waals surface area contributed by atoms with Crippen molar-refractivity contribution in [3.8, 4) is 5.75 Å². The fraction of sp³-hybridized carbons (Fsp3) is 0.500. The maximum atomic E-state index is 11.6. The Hall–Kier alpha value is -1.84. The zero-order chi connectivity index (χ0) is 14.8. The van der Waals surface area contributed by atoms with E-state index in [1.165, 1.54) is 5.56 Å². The van der Waals surface area contributed by atoms with Crippen LogP contribution >= 0.6 is 0 Å². The molecule has 0 unspecified atom stereocenters. The number of carbonyl (C=O) groups is 2. The number of hydrogen-bond acceptors (Lipinski definition) is 3. The van der Waals surface area contributed by atoms with Crippen molar-refractivity contribution in [2.45, 2.75) is 46.0 Å². The molecule has 0 saturated carbocycles. The van der Waals surface area contributed by atoms with E-state index in [9.17, 15) is 9.59 Å². The van der Waals surface area contributed by atoms with Gasteiger partial charge in [-0.1, -0.05) is 32.4 Å². The Kier molecular flexibility index (Phi) is 7.40. The second-order valence-corrected chi connectivity index (χ2v) is 4.68. The SMILES string of the molecule is CCCCNC(=O)CCC(=O)Oc1ccc(CC)cc1. The summed E-state index contributed by atoms with van der Waals surface area (Å²) in [5.74, 6) is 0.0511. The standard InChI is InChI=1S/C16H23NO3/c1-3-5-12-17-15(18)10-11-16(19)20-14-8-6-13(4-2)7-9-14/h6-9H,3-5,10-12H2,1-2H3,(H,17,18). The second kappa shape index (κ2) is 9.13. The molecular formula is C16H23NO3. The normalized spacial score (nSPS) is 10.1. The molecule has 0 atom stereocenters. The van der Waals surface area contributed by atoms with Crippen LogP contribution in [0.4, 0.5) is 0 Å². The van der Waals surface area contributed by atoms with Crippen LogP contribution in [0.25, 0.3) is 0 Å². The summed E-state index contributed by atoms with van der Waals surface area (Å²) in [5, 5.41) is 2.77. The van der Waals surface area contributed by atoms with Gasteiger partial charge in [-0.15, -0.1) is 0 Å². The fourth-order valence-corrected chi connectivity index (χ4v) is 1.68. The minimum absolute atomic E-state index is 0.100. The number of carbonyl (C=O) groups excluding carboxylic acids is 2. The van der Waals surface area contributed by atoms with Gasteiger partial charge in [-0.05, 0) is 30.5 Å². The number of ether oxygens (including phenoxy) is 1. The van der Waals surface area contributed by atoms with Gasteiger partial charge in [0.2, 0.25) is 5.91 Å². The van der Waals surface area contributed by atoms with Crippen LogP contribution in [-0.4, -0.2) is 18.4 Å². The predicted octanol–water partition coefficient (Wildman–Crippen LogP) is 2.85. The molecule has 0 saturated heterocycles. The topological polar surface area (TPSA) is 55.4 Å². The summed E-state index contributed by atoms with van der Waals surface area (Å²) in [6, 6.07) is 7.41. The van der Waals surface area contributed by atoms with E-state index in [2.05, 4.69) is 19.2 Å². The Bertz CT molecular complexity index is 426. The molecule has 1 N–H and O–H groups in total. The molecule has 0 bridgehead atoms. The molecule has 110 valence electrons. The summed E-state index contributed by atoms with van der Waals surface area (Å²) in [7, 11) is 0. The zero-order valence-electron chi connectivity index (χ0n) is 12.3. The molecule has 4 nitrogen and oxygen atoms in total. The number of amides is 1. The maximum absolute atomic E-state index is 11.6. The predicted molar refractivity (Wildman–Crippen MR) is 78.6 cm³/mol. The van der Waals surface area contributed by atoms with Crippen LogP contribution in [0.15, 0.2) is 24.3 Å². The highest BCUT2D eigenvalue weighted by Crippen LogP contribution is 2.13. The van der Waals surface area contributed by atoms with Gasteiger partial charge >= 0.3 is 5.97 Å². The Labute approximate surface area is 120 Å². The lowest BCUT2D eigenvalue weighted by atomic mass is 10.2. The van der Waals surface area contributed by atoms with Crippen LogP contribution in [0.3, 0.4) is 0 Å². The van der Waals surface area contributed by atoms with Gasteiger partial charge in [0.15, 0.2) is 0 Å². The van der Waals surface area contributed by atoms with Crippen molar-refractivity contribution in [3.05, 3.63) is 29.8 Å². The van der Waals surface area contributed by atoms with Crippen LogP contribution in [0.5, 0.6) is 5.75 Å². The number of unbranched alkanes of at least 4 members (excludes halogenated alkanes) is 1. The number of rotatable bonds is 8. The number of hydrogen-bond donors (Lipinski definition) is 1. The van der Waals surface area contributed by atoms with Gasteiger partial charge in [-0.2, -0.15) is 0 Å². The minimum atomic E-state index is -0.375. The van der Waals surface area contributed by atoms with E-state index >= 15 is 0 Å². The molecule has 0 heterocycles. The van der Waals surface area contributed by atoms with Crippen molar-refractivity contribution in [1.29, 1.82) is 0 Å². The maximum Gasteiger partial charge on any atom is 0.311 e. The van der Waals surface area contributed by atoms with Crippen LogP contribution in [-0.2, 0) is 16.0 Å². The summed E-state index contributed by atoms with van der Waals surface area (Å²) >= 11 is 0. The number of benzene rings is 1. The van der Waals surface area contributed by atoms with E-state index in [-0.39, 0.29) is 24.7 Å². The first kappa shape index (κ1) is 16.2. The molecule has 1 rings (SSSR count). The second-order valence-electron chi connectivity index (χ2n) is 4.68. The van der Waals surface area contributed by atoms with Crippen LogP contribution in [0.2, 0.25) is 0 Å². The van der Waals surface area contributed by atoms with Crippen molar-refractivity contribution in [1.82, 2.24) is 5.32 Å². The summed E-state index contributed by atoms with van der Waals surface area (Å²) in [6.07, 6.45) is 3.23. The molecule has 0 aliphatic heterocycles. The monoisotopic (exact) mass is 277 g/mol. The number of nitrogens with one attached hydrogen (secondary N) is 1. The molecule has 0 fully saturated rings. The van der Waals surface area contributed by atoms with Gasteiger partial charge in [0.05, 0.1) is 6.42 Å². The lowest BCUT2D eigenvalue weighted by molar-refractivity contribution is -0.136. The average Bonchev–Trinajstić information content (AvgIpc) is 2.46.